The molecule has 4 rings (SSSR count). The van der Waals surface area contributed by atoms with Crippen LogP contribution in [0.2, 0.25) is 0 Å². The zero-order valence-corrected chi connectivity index (χ0v) is 14.1. The van der Waals surface area contributed by atoms with Crippen LogP contribution in [0.25, 0.3) is 11.3 Å². The van der Waals surface area contributed by atoms with Crippen molar-refractivity contribution < 1.29 is 9.47 Å². The van der Waals surface area contributed by atoms with E-state index in [1.165, 1.54) is 0 Å². The highest BCUT2D eigenvalue weighted by atomic mass is 16.5. The fourth-order valence-corrected chi connectivity index (χ4v) is 3.08. The van der Waals surface area contributed by atoms with E-state index in [9.17, 15) is 0 Å². The molecule has 2 N–H and O–H groups in total. The number of nitrogens with zero attached hydrogens (tertiary/aromatic N) is 3. The van der Waals surface area contributed by atoms with E-state index >= 15 is 0 Å². The monoisotopic (exact) mass is 339 g/mol. The minimum atomic E-state index is 0.0887. The normalized spacial score (nSPS) is 18.4. The molecule has 1 saturated heterocycles. The molecule has 2 aromatic heterocycles. The first kappa shape index (κ1) is 15.9. The van der Waals surface area contributed by atoms with Crippen LogP contribution in [0.5, 0.6) is 5.75 Å². The first-order chi connectivity index (χ1) is 12.3. The van der Waals surface area contributed by atoms with Crippen LogP contribution >= 0.6 is 0 Å². The second kappa shape index (κ2) is 7.08. The molecule has 25 heavy (non-hydrogen) atoms. The summed E-state index contributed by atoms with van der Waals surface area (Å²) in [6, 6.07) is 8.03. The van der Waals surface area contributed by atoms with Crippen LogP contribution in [0.1, 0.15) is 17.7 Å². The summed E-state index contributed by atoms with van der Waals surface area (Å²) >= 11 is 0. The topological polar surface area (TPSA) is 79.1 Å². The molecule has 0 amide bonds. The number of rotatable bonds is 5. The summed E-state index contributed by atoms with van der Waals surface area (Å²) in [7, 11) is 1.67. The molecule has 0 radical (unpaired) electrons. The molecule has 0 saturated carbocycles. The summed E-state index contributed by atoms with van der Waals surface area (Å²) in [6.07, 6.45) is 5.50. The number of morpholine rings is 1. The first-order valence-corrected chi connectivity index (χ1v) is 8.33. The number of aromatic amines is 2. The number of imidazole rings is 2. The highest BCUT2D eigenvalue weighted by Gasteiger charge is 2.27. The van der Waals surface area contributed by atoms with E-state index < -0.39 is 0 Å². The lowest BCUT2D eigenvalue weighted by Crippen LogP contribution is -2.39. The van der Waals surface area contributed by atoms with Crippen molar-refractivity contribution in [2.75, 3.05) is 26.9 Å². The number of methoxy groups -OCH3 is 1. The number of aromatic nitrogens is 4. The number of ether oxygens (including phenoxy) is 2. The van der Waals surface area contributed by atoms with Crippen LogP contribution in [0.15, 0.2) is 42.9 Å². The maximum atomic E-state index is 5.68. The van der Waals surface area contributed by atoms with Gasteiger partial charge in [0.1, 0.15) is 17.4 Å². The van der Waals surface area contributed by atoms with E-state index in [-0.39, 0.29) is 6.04 Å². The van der Waals surface area contributed by atoms with E-state index in [2.05, 4.69) is 24.8 Å². The summed E-state index contributed by atoms with van der Waals surface area (Å²) in [5, 5.41) is 0. The Morgan fingerprint density at radius 2 is 2.16 bits per heavy atom. The van der Waals surface area contributed by atoms with E-state index in [1.807, 2.05) is 36.7 Å². The van der Waals surface area contributed by atoms with Gasteiger partial charge in [-0.3, -0.25) is 4.90 Å². The van der Waals surface area contributed by atoms with Gasteiger partial charge in [-0.05, 0) is 29.8 Å². The maximum Gasteiger partial charge on any atom is 0.126 e. The molecule has 0 aliphatic carbocycles. The highest BCUT2D eigenvalue weighted by Crippen LogP contribution is 2.26. The van der Waals surface area contributed by atoms with Crippen LogP contribution < -0.4 is 4.74 Å². The van der Waals surface area contributed by atoms with Gasteiger partial charge < -0.3 is 19.4 Å². The van der Waals surface area contributed by atoms with Gasteiger partial charge in [0.05, 0.1) is 44.8 Å². The highest BCUT2D eigenvalue weighted by molar-refractivity contribution is 5.59. The smallest absolute Gasteiger partial charge is 0.126 e. The quantitative estimate of drug-likeness (QED) is 0.746. The summed E-state index contributed by atoms with van der Waals surface area (Å²) in [5.74, 6) is 2.71. The van der Waals surface area contributed by atoms with Crippen molar-refractivity contribution in [1.82, 2.24) is 24.8 Å². The van der Waals surface area contributed by atoms with E-state index in [4.69, 9.17) is 9.47 Å². The Kier molecular flexibility index (Phi) is 4.49. The average molecular weight is 339 g/mol. The van der Waals surface area contributed by atoms with Crippen LogP contribution in [0.3, 0.4) is 0 Å². The molecule has 0 spiro atoms. The molecule has 1 atom stereocenters. The van der Waals surface area contributed by atoms with Crippen molar-refractivity contribution in [2.24, 2.45) is 0 Å². The average Bonchev–Trinajstić information content (AvgIpc) is 3.34. The van der Waals surface area contributed by atoms with Crippen LogP contribution in [0.4, 0.5) is 0 Å². The van der Waals surface area contributed by atoms with Crippen molar-refractivity contribution >= 4 is 0 Å². The molecule has 3 heterocycles. The Labute approximate surface area is 146 Å². The van der Waals surface area contributed by atoms with Gasteiger partial charge in [-0.2, -0.15) is 0 Å². The van der Waals surface area contributed by atoms with Gasteiger partial charge in [-0.15, -0.1) is 0 Å². The lowest BCUT2D eigenvalue weighted by Gasteiger charge is -2.33. The molecule has 0 bridgehead atoms. The van der Waals surface area contributed by atoms with Crippen LogP contribution in [0, 0.1) is 0 Å². The molecule has 7 nitrogen and oxygen atoms in total. The summed E-state index contributed by atoms with van der Waals surface area (Å²) in [4.78, 5) is 17.9. The van der Waals surface area contributed by atoms with Gasteiger partial charge in [-0.1, -0.05) is 0 Å². The third-order valence-electron chi connectivity index (χ3n) is 4.46. The third kappa shape index (κ3) is 3.42. The fourth-order valence-electron chi connectivity index (χ4n) is 3.08. The number of hydrogen-bond acceptors (Lipinski definition) is 5. The zero-order valence-electron chi connectivity index (χ0n) is 14.1. The molecule has 7 heteroatoms. The van der Waals surface area contributed by atoms with E-state index in [1.54, 1.807) is 13.3 Å². The van der Waals surface area contributed by atoms with Crippen molar-refractivity contribution in [3.8, 4) is 17.0 Å². The number of hydrogen-bond donors (Lipinski definition) is 2. The van der Waals surface area contributed by atoms with E-state index in [0.29, 0.717) is 6.61 Å². The first-order valence-electron chi connectivity index (χ1n) is 8.33. The standard InChI is InChI=1S/C18H21N5O2/c1-24-14-4-2-13(3-5-14)15-10-21-18(22-15)16-12-25-9-8-23(16)11-17-19-6-7-20-17/h2-7,10,16H,8-9,11-12H2,1H3,(H,19,20)(H,21,22)/t16-/m0/s1. The predicted molar refractivity (Wildman–Crippen MR) is 93.1 cm³/mol. The Hall–Kier alpha value is -2.64. The second-order valence-electron chi connectivity index (χ2n) is 6.01. The molecule has 1 aromatic carbocycles. The van der Waals surface area contributed by atoms with Gasteiger partial charge in [-0.25, -0.2) is 9.97 Å². The SMILES string of the molecule is COc1ccc(-c2cnc([C@@H]3COCCN3Cc3ncc[nH]3)[nH]2)cc1. The molecule has 130 valence electrons. The Morgan fingerprint density at radius 1 is 1.28 bits per heavy atom. The second-order valence-corrected chi connectivity index (χ2v) is 6.01. The molecule has 3 aromatic rings. The van der Waals surface area contributed by atoms with Crippen molar-refractivity contribution in [3.63, 3.8) is 0 Å². The Balaban J connectivity index is 1.54. The van der Waals surface area contributed by atoms with Crippen molar-refractivity contribution in [1.29, 1.82) is 0 Å². The summed E-state index contributed by atoms with van der Waals surface area (Å²) in [6.45, 7) is 2.95. The van der Waals surface area contributed by atoms with Gasteiger partial charge >= 0.3 is 0 Å². The third-order valence-corrected chi connectivity index (χ3v) is 4.46. The van der Waals surface area contributed by atoms with Gasteiger partial charge in [0.15, 0.2) is 0 Å². The fraction of sp³-hybridized carbons (Fsp3) is 0.333. The van der Waals surface area contributed by atoms with Gasteiger partial charge in [0.25, 0.3) is 0 Å². The number of H-pyrrole nitrogens is 2. The van der Waals surface area contributed by atoms with Crippen LogP contribution in [-0.2, 0) is 11.3 Å². The largest absolute Gasteiger partial charge is 0.497 e. The zero-order chi connectivity index (χ0) is 17.1. The minimum Gasteiger partial charge on any atom is -0.497 e. The Bertz CT molecular complexity index is 797. The minimum absolute atomic E-state index is 0.0887. The van der Waals surface area contributed by atoms with Crippen molar-refractivity contribution in [3.05, 3.63) is 54.5 Å². The molecule has 1 aliphatic heterocycles. The summed E-state index contributed by atoms with van der Waals surface area (Å²) in [5.41, 5.74) is 2.06. The lowest BCUT2D eigenvalue weighted by molar-refractivity contribution is -0.0166. The Morgan fingerprint density at radius 3 is 2.92 bits per heavy atom. The van der Waals surface area contributed by atoms with E-state index in [0.717, 1.165) is 48.4 Å². The molecule has 1 fully saturated rings. The van der Waals surface area contributed by atoms with Gasteiger partial charge in [0.2, 0.25) is 0 Å². The number of nitrogens with one attached hydrogen (secondary N) is 2. The molecule has 1 aliphatic rings. The molecule has 0 unspecified atom stereocenters. The van der Waals surface area contributed by atoms with Crippen LogP contribution in [-0.4, -0.2) is 51.7 Å². The van der Waals surface area contributed by atoms with Crippen molar-refractivity contribution in [2.45, 2.75) is 12.6 Å². The lowest BCUT2D eigenvalue weighted by atomic mass is 10.1. The predicted octanol–water partition coefficient (Wildman–Crippen LogP) is 2.38. The maximum absolute atomic E-state index is 5.68. The van der Waals surface area contributed by atoms with Gasteiger partial charge in [0, 0.05) is 18.9 Å². The summed E-state index contributed by atoms with van der Waals surface area (Å²) < 4.78 is 10.9. The molecular formula is C18H21N5O2. The number of benzene rings is 1. The molecular weight excluding hydrogens is 318 g/mol.